The zero-order chi connectivity index (χ0) is 25.6. The summed E-state index contributed by atoms with van der Waals surface area (Å²) < 4.78 is 6.00. The predicted octanol–water partition coefficient (Wildman–Crippen LogP) is 6.84. The molecule has 0 bridgehead atoms. The van der Waals surface area contributed by atoms with Gasteiger partial charge in [0.2, 0.25) is 0 Å². The van der Waals surface area contributed by atoms with Crippen molar-refractivity contribution in [2.75, 3.05) is 5.32 Å². The second-order valence-electron chi connectivity index (χ2n) is 8.32. The van der Waals surface area contributed by atoms with Crippen LogP contribution in [0.4, 0.5) is 5.69 Å². The molecule has 186 valence electrons. The van der Waals surface area contributed by atoms with Gasteiger partial charge in [0.1, 0.15) is 5.75 Å². The number of fused-ring (bicyclic) bond motifs is 1. The molecule has 4 aromatic carbocycles. The van der Waals surface area contributed by atoms with Crippen LogP contribution in [0.5, 0.6) is 5.75 Å². The average molecular weight is 481 g/mol. The Hall–Kier alpha value is -3.93. The Morgan fingerprint density at radius 2 is 1.42 bits per heavy atom. The van der Waals surface area contributed by atoms with E-state index in [-0.39, 0.29) is 6.23 Å². The van der Waals surface area contributed by atoms with Gasteiger partial charge in [0.25, 0.3) is 0 Å². The topological polar surface area (TPSA) is 83.2 Å². The number of hydrogen-bond acceptors (Lipinski definition) is 5. The molecule has 5 rings (SSSR count). The number of nitrogens with two attached hydrogens (primary N) is 1. The van der Waals surface area contributed by atoms with E-state index < -0.39 is 0 Å². The van der Waals surface area contributed by atoms with E-state index >= 15 is 0 Å². The van der Waals surface area contributed by atoms with Gasteiger partial charge in [-0.05, 0) is 42.0 Å². The molecule has 1 heterocycles. The first-order valence-corrected chi connectivity index (χ1v) is 12.3. The van der Waals surface area contributed by atoms with Crippen LogP contribution in [-0.4, -0.2) is 6.72 Å². The molecule has 0 amide bonds. The summed E-state index contributed by atoms with van der Waals surface area (Å²) in [5.74, 6) is 0.914. The van der Waals surface area contributed by atoms with Gasteiger partial charge < -0.3 is 26.5 Å². The van der Waals surface area contributed by atoms with E-state index in [9.17, 15) is 0 Å². The van der Waals surface area contributed by atoms with E-state index in [0.29, 0.717) is 12.6 Å². The number of para-hydroxylation sites is 2. The summed E-state index contributed by atoms with van der Waals surface area (Å²) in [5.41, 5.74) is 11.3. The van der Waals surface area contributed by atoms with Crippen LogP contribution in [-0.2, 0) is 13.1 Å². The van der Waals surface area contributed by atoms with Crippen LogP contribution in [0.25, 0.3) is 0 Å². The molecule has 5 N–H and O–H groups in total. The van der Waals surface area contributed by atoms with Crippen molar-refractivity contribution in [3.63, 3.8) is 0 Å². The van der Waals surface area contributed by atoms with Crippen LogP contribution in [0.2, 0.25) is 0 Å². The van der Waals surface area contributed by atoms with Gasteiger partial charge in [0.05, 0.1) is 5.69 Å². The molecule has 1 aliphatic heterocycles. The van der Waals surface area contributed by atoms with E-state index in [1.807, 2.05) is 54.6 Å². The summed E-state index contributed by atoms with van der Waals surface area (Å²) in [7, 11) is 0. The van der Waals surface area contributed by atoms with Crippen LogP contribution in [0.1, 0.15) is 47.9 Å². The Kier molecular flexibility index (Phi) is 10.7. The third kappa shape index (κ3) is 7.54. The molecule has 1 aliphatic rings. The highest BCUT2D eigenvalue weighted by Gasteiger charge is 2.22. The summed E-state index contributed by atoms with van der Waals surface area (Å²) in [4.78, 5) is 0. The van der Waals surface area contributed by atoms with E-state index in [0.717, 1.165) is 30.0 Å². The first kappa shape index (κ1) is 26.7. The van der Waals surface area contributed by atoms with Crippen LogP contribution < -0.4 is 21.1 Å². The number of benzene rings is 4. The van der Waals surface area contributed by atoms with Gasteiger partial charge in [-0.15, -0.1) is 0 Å². The van der Waals surface area contributed by atoms with E-state index in [4.69, 9.17) is 15.9 Å². The fourth-order valence-corrected chi connectivity index (χ4v) is 3.99. The van der Waals surface area contributed by atoms with Crippen LogP contribution in [0.15, 0.2) is 109 Å². The highest BCUT2D eigenvalue weighted by molar-refractivity contribution is 5.60. The molecule has 0 radical (unpaired) electrons. The minimum absolute atomic E-state index is 0.112. The molecule has 0 saturated carbocycles. The maximum Gasteiger partial charge on any atom is 0.196 e. The van der Waals surface area contributed by atoms with Crippen LogP contribution in [0.3, 0.4) is 0 Å². The van der Waals surface area contributed by atoms with Crippen LogP contribution >= 0.6 is 0 Å². The Balaban J connectivity index is 0.000000305. The van der Waals surface area contributed by atoms with Crippen molar-refractivity contribution >= 4 is 12.4 Å². The maximum absolute atomic E-state index is 6.00. The average Bonchev–Trinajstić information content (AvgIpc) is 3.41. The first-order valence-electron chi connectivity index (χ1n) is 12.3. The molecular formula is C31H36N4O. The van der Waals surface area contributed by atoms with Crippen molar-refractivity contribution in [3.05, 3.63) is 131 Å². The van der Waals surface area contributed by atoms with Crippen molar-refractivity contribution in [1.29, 1.82) is 5.41 Å². The molecule has 0 spiro atoms. The van der Waals surface area contributed by atoms with Gasteiger partial charge in [0.15, 0.2) is 6.23 Å². The molecule has 2 atom stereocenters. The number of hydrogen-bond donors (Lipinski definition) is 4. The van der Waals surface area contributed by atoms with Gasteiger partial charge >= 0.3 is 0 Å². The third-order valence-electron chi connectivity index (χ3n) is 5.94. The molecule has 4 aromatic rings. The monoisotopic (exact) mass is 480 g/mol. The quantitative estimate of drug-likeness (QED) is 0.218. The number of ether oxygens (including phenoxy) is 1. The largest absolute Gasteiger partial charge is 0.464 e. The minimum atomic E-state index is -0.112. The highest BCUT2D eigenvalue weighted by Crippen LogP contribution is 2.37. The Bertz CT molecular complexity index is 1130. The number of nitrogens with one attached hydrogen (secondary N) is 3. The summed E-state index contributed by atoms with van der Waals surface area (Å²) in [5, 5.41) is 12.6. The molecule has 0 aromatic heterocycles. The number of rotatable bonds is 7. The van der Waals surface area contributed by atoms with Gasteiger partial charge in [-0.2, -0.15) is 0 Å². The van der Waals surface area contributed by atoms with Crippen molar-refractivity contribution in [3.8, 4) is 5.75 Å². The normalized spacial score (nSPS) is 14.0. The lowest BCUT2D eigenvalue weighted by molar-refractivity contribution is 0.260. The summed E-state index contributed by atoms with van der Waals surface area (Å²) in [6, 6.07) is 37.6. The zero-order valence-electron chi connectivity index (χ0n) is 20.9. The van der Waals surface area contributed by atoms with Gasteiger partial charge in [-0.25, -0.2) is 0 Å². The van der Waals surface area contributed by atoms with E-state index in [1.165, 1.54) is 16.7 Å². The fraction of sp³-hybridized carbons (Fsp3) is 0.194. The van der Waals surface area contributed by atoms with Crippen LogP contribution in [0, 0.1) is 5.41 Å². The van der Waals surface area contributed by atoms with Gasteiger partial charge in [0, 0.05) is 24.7 Å². The maximum atomic E-state index is 6.00. The highest BCUT2D eigenvalue weighted by atomic mass is 16.5. The predicted molar refractivity (Wildman–Crippen MR) is 150 cm³/mol. The Labute approximate surface area is 214 Å². The van der Waals surface area contributed by atoms with Crippen molar-refractivity contribution in [1.82, 2.24) is 5.32 Å². The molecule has 2 unspecified atom stereocenters. The first-order chi connectivity index (χ1) is 17.8. The molecule has 0 aliphatic carbocycles. The SMILES string of the molecule is C=N.CCC(NCc1ccccc1)c1ccc(C2Nc3ccccc3O2)cc1.NCc1ccccc1. The van der Waals surface area contributed by atoms with Crippen molar-refractivity contribution in [2.24, 2.45) is 5.73 Å². The molecule has 5 nitrogen and oxygen atoms in total. The molecule has 5 heteroatoms. The fourth-order valence-electron chi connectivity index (χ4n) is 3.99. The molecule has 36 heavy (non-hydrogen) atoms. The minimum Gasteiger partial charge on any atom is -0.464 e. The lowest BCUT2D eigenvalue weighted by Crippen LogP contribution is -2.20. The van der Waals surface area contributed by atoms with Crippen molar-refractivity contribution in [2.45, 2.75) is 38.7 Å². The van der Waals surface area contributed by atoms with Gasteiger partial charge in [-0.1, -0.05) is 104 Å². The lowest BCUT2D eigenvalue weighted by atomic mass is 10.0. The Morgan fingerprint density at radius 1 is 0.833 bits per heavy atom. The summed E-state index contributed by atoms with van der Waals surface area (Å²) >= 11 is 0. The third-order valence-corrected chi connectivity index (χ3v) is 5.94. The summed E-state index contributed by atoms with van der Waals surface area (Å²) in [6.07, 6.45) is 0.939. The standard InChI is InChI=1S/C23H24N2O.C7H9N.CH3N/c1-2-20(24-16-17-8-4-3-5-9-17)18-12-14-19(15-13-18)23-25-21-10-6-7-11-22(21)26-23;8-6-7-4-2-1-3-5-7;1-2/h3-15,20,23-25H,2,16H2,1H3;1-5H,6,8H2;2H,1H2. The molecule has 0 saturated heterocycles. The summed E-state index contributed by atoms with van der Waals surface area (Å²) in [6.45, 7) is 6.24. The van der Waals surface area contributed by atoms with Gasteiger partial charge in [-0.3, -0.25) is 0 Å². The second kappa shape index (κ2) is 14.5. The lowest BCUT2D eigenvalue weighted by Gasteiger charge is -2.19. The number of anilines is 1. The zero-order valence-corrected chi connectivity index (χ0v) is 20.9. The van der Waals surface area contributed by atoms with E-state index in [1.54, 1.807) is 0 Å². The molecule has 0 fully saturated rings. The smallest absolute Gasteiger partial charge is 0.196 e. The Morgan fingerprint density at radius 3 is 1.97 bits per heavy atom. The van der Waals surface area contributed by atoms with Crippen molar-refractivity contribution < 1.29 is 4.74 Å². The second-order valence-corrected chi connectivity index (χ2v) is 8.32. The van der Waals surface area contributed by atoms with E-state index in [2.05, 4.69) is 78.9 Å². The molecular weight excluding hydrogens is 444 g/mol.